The van der Waals surface area contributed by atoms with Crippen molar-refractivity contribution in [3.8, 4) is 11.5 Å². The van der Waals surface area contributed by atoms with Gasteiger partial charge in [0, 0.05) is 5.41 Å². The maximum Gasteiger partial charge on any atom is 0.342 e. The van der Waals surface area contributed by atoms with E-state index >= 15 is 0 Å². The monoisotopic (exact) mass is 754 g/mol. The van der Waals surface area contributed by atoms with E-state index < -0.39 is 35.0 Å². The third-order valence-electron chi connectivity index (χ3n) is 16.3. The highest BCUT2D eigenvalue weighted by atomic mass is 16.6. The van der Waals surface area contributed by atoms with E-state index in [-0.39, 0.29) is 45.4 Å². The molecule has 8 heteroatoms. The molecule has 4 saturated carbocycles. The lowest BCUT2D eigenvalue weighted by Crippen LogP contribution is -2.67. The third-order valence-corrected chi connectivity index (χ3v) is 16.3. The molecule has 9 atom stereocenters. The summed E-state index contributed by atoms with van der Waals surface area (Å²) >= 11 is 0. The van der Waals surface area contributed by atoms with E-state index in [4.69, 9.17) is 23.7 Å². The van der Waals surface area contributed by atoms with Gasteiger partial charge in [-0.2, -0.15) is 0 Å². The van der Waals surface area contributed by atoms with Crippen LogP contribution in [0, 0.1) is 50.2 Å². The highest BCUT2D eigenvalue weighted by molar-refractivity contribution is 5.93. The number of rotatable bonds is 7. The van der Waals surface area contributed by atoms with E-state index in [1.807, 2.05) is 12.1 Å². The molecule has 3 unspecified atom stereocenters. The van der Waals surface area contributed by atoms with Crippen molar-refractivity contribution < 1.29 is 38.1 Å². The van der Waals surface area contributed by atoms with Gasteiger partial charge in [0.05, 0.1) is 26.7 Å². The van der Waals surface area contributed by atoms with Gasteiger partial charge in [0.15, 0.2) is 0 Å². The summed E-state index contributed by atoms with van der Waals surface area (Å²) in [5.41, 5.74) is 0.823. The first kappa shape index (κ1) is 39.4. The van der Waals surface area contributed by atoms with E-state index in [0.717, 1.165) is 51.4 Å². The van der Waals surface area contributed by atoms with Crippen LogP contribution in [0.2, 0.25) is 0 Å². The van der Waals surface area contributed by atoms with Gasteiger partial charge < -0.3 is 23.7 Å². The zero-order chi connectivity index (χ0) is 39.8. The third kappa shape index (κ3) is 5.93. The van der Waals surface area contributed by atoms with Gasteiger partial charge in [0.2, 0.25) is 0 Å². The molecule has 0 spiro atoms. The standard InChI is InChI=1S/C47H62O8/c1-42(2)23-25-47(41(50)53-10)26-24-45(6)31(32(47)27-42)19-20-37-44(5)28-35(54-39(48)29-15-11-13-17-33(29)51-8)38(43(3,4)36(44)21-22-46(37,45)7)55-40(49)30-16-12-14-18-34(30)52-9/h11-19,32,35-38H,20-28H2,1-10H3/t32?,35-,36?,37?,38+,44+,45-,46-,47+/m1/s1. The average Bonchev–Trinajstić information content (AvgIpc) is 3.15. The highest BCUT2D eigenvalue weighted by Gasteiger charge is 2.71. The largest absolute Gasteiger partial charge is 0.496 e. The predicted octanol–water partition coefficient (Wildman–Crippen LogP) is 10.0. The van der Waals surface area contributed by atoms with Crippen LogP contribution in [0.25, 0.3) is 0 Å². The molecule has 5 aliphatic carbocycles. The van der Waals surface area contributed by atoms with E-state index in [9.17, 15) is 14.4 Å². The molecule has 2 aromatic rings. The van der Waals surface area contributed by atoms with Crippen LogP contribution in [-0.4, -0.2) is 51.4 Å². The number of fused-ring (bicyclic) bond motifs is 7. The molecule has 0 heterocycles. The van der Waals surface area contributed by atoms with Crippen LogP contribution in [0.15, 0.2) is 60.2 Å². The van der Waals surface area contributed by atoms with Crippen LogP contribution >= 0.6 is 0 Å². The Morgan fingerprint density at radius 1 is 0.673 bits per heavy atom. The number of para-hydroxylation sites is 2. The molecular weight excluding hydrogens is 693 g/mol. The Hall–Kier alpha value is -3.81. The Morgan fingerprint density at radius 3 is 1.85 bits per heavy atom. The number of ether oxygens (including phenoxy) is 5. The summed E-state index contributed by atoms with van der Waals surface area (Å²) < 4.78 is 29.8. The summed E-state index contributed by atoms with van der Waals surface area (Å²) in [4.78, 5) is 41.9. The Bertz CT molecular complexity index is 1880. The minimum absolute atomic E-state index is 0.0404. The summed E-state index contributed by atoms with van der Waals surface area (Å²) in [6, 6.07) is 14.2. The number of allylic oxidation sites excluding steroid dienone is 2. The Labute approximate surface area is 328 Å². The Balaban J connectivity index is 1.29. The summed E-state index contributed by atoms with van der Waals surface area (Å²) in [6.07, 6.45) is 9.16. The van der Waals surface area contributed by atoms with Gasteiger partial charge in [-0.1, -0.05) is 84.4 Å². The fourth-order valence-electron chi connectivity index (χ4n) is 13.2. The summed E-state index contributed by atoms with van der Waals surface area (Å²) in [6.45, 7) is 16.5. The van der Waals surface area contributed by atoms with Gasteiger partial charge in [-0.05, 0) is 121 Å². The molecule has 0 bridgehead atoms. The molecule has 2 aromatic carbocycles. The molecule has 5 aliphatic rings. The molecule has 0 aliphatic heterocycles. The van der Waals surface area contributed by atoms with Crippen molar-refractivity contribution in [1.29, 1.82) is 0 Å². The maximum absolute atomic E-state index is 14.1. The van der Waals surface area contributed by atoms with Gasteiger partial charge in [0.25, 0.3) is 0 Å². The maximum atomic E-state index is 14.1. The second-order valence-electron chi connectivity index (χ2n) is 19.6. The highest BCUT2D eigenvalue weighted by Crippen LogP contribution is 2.76. The smallest absolute Gasteiger partial charge is 0.342 e. The predicted molar refractivity (Wildman–Crippen MR) is 211 cm³/mol. The van der Waals surface area contributed by atoms with E-state index in [0.29, 0.717) is 29.0 Å². The number of benzene rings is 2. The zero-order valence-corrected chi connectivity index (χ0v) is 34.7. The molecule has 0 N–H and O–H groups in total. The first-order valence-corrected chi connectivity index (χ1v) is 20.4. The van der Waals surface area contributed by atoms with Crippen molar-refractivity contribution in [3.63, 3.8) is 0 Å². The van der Waals surface area contributed by atoms with Crippen LogP contribution in [0.4, 0.5) is 0 Å². The SMILES string of the molecule is COC(=O)[C@]12CCC(C)(C)CC1C1=CCC3[C@@]4(C)C[C@@H](OC(=O)c5ccccc5OC)[C@H](OC(=O)c5ccccc5OC)C(C)(C)C4CC[C@@]3(C)[C@]1(C)CC2. The number of hydrogen-bond donors (Lipinski definition) is 0. The molecule has 7 rings (SSSR count). The van der Waals surface area contributed by atoms with Crippen LogP contribution in [0.1, 0.15) is 127 Å². The minimum atomic E-state index is -0.717. The normalized spacial score (nSPS) is 37.0. The molecular formula is C47H62O8. The average molecular weight is 755 g/mol. The number of methoxy groups -OCH3 is 3. The molecule has 0 radical (unpaired) electrons. The lowest BCUT2D eigenvalue weighted by Gasteiger charge is -2.71. The molecule has 0 amide bonds. The van der Waals surface area contributed by atoms with Gasteiger partial charge in [-0.25, -0.2) is 9.59 Å². The van der Waals surface area contributed by atoms with Crippen molar-refractivity contribution in [2.75, 3.05) is 21.3 Å². The fourth-order valence-corrected chi connectivity index (χ4v) is 13.2. The molecule has 0 saturated heterocycles. The van der Waals surface area contributed by atoms with Crippen LogP contribution in [0.5, 0.6) is 11.5 Å². The van der Waals surface area contributed by atoms with Crippen molar-refractivity contribution in [1.82, 2.24) is 0 Å². The van der Waals surface area contributed by atoms with Crippen molar-refractivity contribution in [2.24, 2.45) is 50.2 Å². The second-order valence-corrected chi connectivity index (χ2v) is 19.6. The van der Waals surface area contributed by atoms with Gasteiger partial charge in [0.1, 0.15) is 34.8 Å². The minimum Gasteiger partial charge on any atom is -0.496 e. The number of carbonyl (C=O) groups is 3. The topological polar surface area (TPSA) is 97.4 Å². The fraction of sp³-hybridized carbons (Fsp3) is 0.638. The Kier molecular flexibility index (Phi) is 9.81. The summed E-state index contributed by atoms with van der Waals surface area (Å²) in [7, 11) is 4.64. The zero-order valence-electron chi connectivity index (χ0n) is 34.7. The number of hydrogen-bond acceptors (Lipinski definition) is 8. The first-order valence-electron chi connectivity index (χ1n) is 20.4. The lowest BCUT2D eigenvalue weighted by atomic mass is 9.33. The number of esters is 3. The molecule has 55 heavy (non-hydrogen) atoms. The Morgan fingerprint density at radius 2 is 1.25 bits per heavy atom. The van der Waals surface area contributed by atoms with Crippen molar-refractivity contribution >= 4 is 17.9 Å². The van der Waals surface area contributed by atoms with Crippen LogP contribution in [0.3, 0.4) is 0 Å². The summed E-state index contributed by atoms with van der Waals surface area (Å²) in [5, 5.41) is 0. The van der Waals surface area contributed by atoms with Crippen LogP contribution < -0.4 is 9.47 Å². The van der Waals surface area contributed by atoms with Gasteiger partial charge in [-0.15, -0.1) is 0 Å². The van der Waals surface area contributed by atoms with Crippen LogP contribution in [-0.2, 0) is 19.0 Å². The van der Waals surface area contributed by atoms with E-state index in [1.54, 1.807) is 57.7 Å². The lowest BCUT2D eigenvalue weighted by molar-refractivity contribution is -0.231. The molecule has 4 fully saturated rings. The van der Waals surface area contributed by atoms with Crippen molar-refractivity contribution in [3.05, 3.63) is 71.3 Å². The van der Waals surface area contributed by atoms with E-state index in [2.05, 4.69) is 54.5 Å². The quantitative estimate of drug-likeness (QED) is 0.157. The van der Waals surface area contributed by atoms with E-state index in [1.165, 1.54) is 5.57 Å². The van der Waals surface area contributed by atoms with Gasteiger partial charge >= 0.3 is 17.9 Å². The molecule has 8 nitrogen and oxygen atoms in total. The summed E-state index contributed by atoms with van der Waals surface area (Å²) in [5.74, 6) is 0.438. The van der Waals surface area contributed by atoms with Crippen molar-refractivity contribution in [2.45, 2.75) is 118 Å². The first-order chi connectivity index (χ1) is 25.9. The van der Waals surface area contributed by atoms with Gasteiger partial charge in [-0.3, -0.25) is 4.79 Å². The molecule has 0 aromatic heterocycles. The second kappa shape index (κ2) is 13.7. The number of carbonyl (C=O) groups excluding carboxylic acids is 3. The molecule has 298 valence electrons.